The second-order valence-corrected chi connectivity index (χ2v) is 9.77. The summed E-state index contributed by atoms with van der Waals surface area (Å²) in [6.45, 7) is 3.25. The van der Waals surface area contributed by atoms with Gasteiger partial charge in [0.05, 0.1) is 11.3 Å². The SMILES string of the molecule is Cc1cc(C(=O)OC(C)OC(=O)OC2CCCCC2)ccc1N1C(=O)CSC1c1ccc(F)cc1. The molecule has 1 saturated carbocycles. The van der Waals surface area contributed by atoms with Crippen LogP contribution in [-0.4, -0.2) is 36.2 Å². The quantitative estimate of drug-likeness (QED) is 0.360. The number of hydrogen-bond donors (Lipinski definition) is 0. The lowest BCUT2D eigenvalue weighted by atomic mass is 9.98. The standard InChI is InChI=1S/C26H28FNO6S/c1-16-14-19(25(30)32-17(2)33-26(31)34-21-6-4-3-5-7-21)10-13-22(16)28-23(29)15-35-24(28)18-8-11-20(27)12-9-18/h8-14,17,21,24H,3-7,15H2,1-2H3. The van der Waals surface area contributed by atoms with Gasteiger partial charge in [-0.1, -0.05) is 18.6 Å². The molecule has 7 nitrogen and oxygen atoms in total. The molecule has 4 rings (SSSR count). The summed E-state index contributed by atoms with van der Waals surface area (Å²) < 4.78 is 29.0. The van der Waals surface area contributed by atoms with Crippen LogP contribution in [0.4, 0.5) is 14.9 Å². The molecule has 35 heavy (non-hydrogen) atoms. The summed E-state index contributed by atoms with van der Waals surface area (Å²) in [5, 5.41) is -0.289. The summed E-state index contributed by atoms with van der Waals surface area (Å²) in [5.41, 5.74) is 2.44. The summed E-state index contributed by atoms with van der Waals surface area (Å²) in [6.07, 6.45) is 2.69. The first kappa shape index (κ1) is 25.0. The number of anilines is 1. The van der Waals surface area contributed by atoms with Crippen molar-refractivity contribution < 1.29 is 33.0 Å². The molecule has 0 spiro atoms. The van der Waals surface area contributed by atoms with Crippen molar-refractivity contribution >= 4 is 35.5 Å². The van der Waals surface area contributed by atoms with Crippen LogP contribution in [0.15, 0.2) is 42.5 Å². The monoisotopic (exact) mass is 501 g/mol. The lowest BCUT2D eigenvalue weighted by molar-refractivity contribution is -0.115. The third-order valence-electron chi connectivity index (χ3n) is 6.07. The summed E-state index contributed by atoms with van der Waals surface area (Å²) in [7, 11) is 0. The van der Waals surface area contributed by atoms with Gasteiger partial charge < -0.3 is 14.2 Å². The van der Waals surface area contributed by atoms with E-state index in [-0.39, 0.29) is 28.8 Å². The Labute approximate surface area is 207 Å². The molecular weight excluding hydrogens is 473 g/mol. The van der Waals surface area contributed by atoms with E-state index >= 15 is 0 Å². The number of thioether (sulfide) groups is 1. The van der Waals surface area contributed by atoms with Gasteiger partial charge in [0.2, 0.25) is 12.2 Å². The second-order valence-electron chi connectivity index (χ2n) is 8.70. The van der Waals surface area contributed by atoms with Gasteiger partial charge in [0.25, 0.3) is 0 Å². The molecule has 1 amide bonds. The first-order valence-electron chi connectivity index (χ1n) is 11.7. The van der Waals surface area contributed by atoms with E-state index in [1.807, 2.05) is 0 Å². The highest BCUT2D eigenvalue weighted by Gasteiger charge is 2.35. The lowest BCUT2D eigenvalue weighted by Crippen LogP contribution is -2.29. The van der Waals surface area contributed by atoms with E-state index in [9.17, 15) is 18.8 Å². The molecule has 186 valence electrons. The molecule has 0 bridgehead atoms. The summed E-state index contributed by atoms with van der Waals surface area (Å²) in [5.74, 6) is -0.762. The second kappa shape index (κ2) is 11.1. The Morgan fingerprint density at radius 3 is 2.46 bits per heavy atom. The third kappa shape index (κ3) is 6.14. The first-order valence-corrected chi connectivity index (χ1v) is 12.7. The van der Waals surface area contributed by atoms with Crippen LogP contribution in [0.2, 0.25) is 0 Å². The molecular formula is C26H28FNO6S. The lowest BCUT2D eigenvalue weighted by Gasteiger charge is -2.26. The Morgan fingerprint density at radius 1 is 1.06 bits per heavy atom. The van der Waals surface area contributed by atoms with Gasteiger partial charge in [0.15, 0.2) is 0 Å². The Kier molecular flexibility index (Phi) is 7.95. The molecule has 2 aromatic carbocycles. The third-order valence-corrected chi connectivity index (χ3v) is 7.28. The van der Waals surface area contributed by atoms with Crippen LogP contribution < -0.4 is 4.90 Å². The van der Waals surface area contributed by atoms with Crippen molar-refractivity contribution in [2.24, 2.45) is 0 Å². The fourth-order valence-corrected chi connectivity index (χ4v) is 5.51. The highest BCUT2D eigenvalue weighted by atomic mass is 32.2. The molecule has 1 heterocycles. The molecule has 2 unspecified atom stereocenters. The van der Waals surface area contributed by atoms with Crippen LogP contribution in [0.25, 0.3) is 0 Å². The van der Waals surface area contributed by atoms with Gasteiger partial charge >= 0.3 is 12.1 Å². The van der Waals surface area contributed by atoms with Crippen molar-refractivity contribution in [1.82, 2.24) is 0 Å². The van der Waals surface area contributed by atoms with Gasteiger partial charge in [-0.2, -0.15) is 0 Å². The molecule has 1 aliphatic heterocycles. The van der Waals surface area contributed by atoms with E-state index in [0.29, 0.717) is 17.0 Å². The Balaban J connectivity index is 1.39. The first-order chi connectivity index (χ1) is 16.8. The number of rotatable bonds is 6. The van der Waals surface area contributed by atoms with Crippen LogP contribution in [0, 0.1) is 12.7 Å². The fourth-order valence-electron chi connectivity index (χ4n) is 4.34. The maximum atomic E-state index is 13.4. The molecule has 9 heteroatoms. The van der Waals surface area contributed by atoms with Crippen molar-refractivity contribution in [3.63, 3.8) is 0 Å². The number of amides is 1. The fraction of sp³-hybridized carbons (Fsp3) is 0.423. The predicted octanol–water partition coefficient (Wildman–Crippen LogP) is 5.90. The number of carbonyl (C=O) groups excluding carboxylic acids is 3. The van der Waals surface area contributed by atoms with Crippen LogP contribution in [0.3, 0.4) is 0 Å². The molecule has 0 radical (unpaired) electrons. The topological polar surface area (TPSA) is 82.1 Å². The Morgan fingerprint density at radius 2 is 1.77 bits per heavy atom. The minimum atomic E-state index is -1.11. The molecule has 0 N–H and O–H groups in total. The number of esters is 1. The van der Waals surface area contributed by atoms with Crippen LogP contribution in [-0.2, 0) is 19.0 Å². The maximum Gasteiger partial charge on any atom is 0.511 e. The largest absolute Gasteiger partial charge is 0.511 e. The zero-order valence-electron chi connectivity index (χ0n) is 19.7. The molecule has 2 fully saturated rings. The Bertz CT molecular complexity index is 1090. The van der Waals surface area contributed by atoms with Crippen molar-refractivity contribution in [3.05, 3.63) is 65.0 Å². The van der Waals surface area contributed by atoms with Gasteiger partial charge in [0, 0.05) is 12.6 Å². The molecule has 2 aromatic rings. The van der Waals surface area contributed by atoms with E-state index in [1.165, 1.54) is 30.8 Å². The minimum absolute atomic E-state index is 0.0683. The molecule has 2 atom stereocenters. The summed E-state index contributed by atoms with van der Waals surface area (Å²) in [4.78, 5) is 38.9. The smallest absolute Gasteiger partial charge is 0.431 e. The van der Waals surface area contributed by atoms with E-state index in [2.05, 4.69) is 0 Å². The highest BCUT2D eigenvalue weighted by molar-refractivity contribution is 8.00. The predicted molar refractivity (Wildman–Crippen MR) is 130 cm³/mol. The van der Waals surface area contributed by atoms with Crippen LogP contribution in [0.1, 0.15) is 65.9 Å². The summed E-state index contributed by atoms with van der Waals surface area (Å²) >= 11 is 1.46. The number of halogens is 1. The van der Waals surface area contributed by atoms with Crippen molar-refractivity contribution in [2.45, 2.75) is 63.7 Å². The van der Waals surface area contributed by atoms with Crippen molar-refractivity contribution in [3.8, 4) is 0 Å². The van der Waals surface area contributed by atoms with Gasteiger partial charge in [-0.15, -0.1) is 11.8 Å². The minimum Gasteiger partial charge on any atom is -0.431 e. The van der Waals surface area contributed by atoms with Gasteiger partial charge in [-0.3, -0.25) is 9.69 Å². The zero-order chi connectivity index (χ0) is 24.9. The summed E-state index contributed by atoms with van der Waals surface area (Å²) in [6, 6.07) is 11.0. The van der Waals surface area contributed by atoms with Gasteiger partial charge in [-0.25, -0.2) is 14.0 Å². The van der Waals surface area contributed by atoms with Crippen molar-refractivity contribution in [2.75, 3.05) is 10.7 Å². The zero-order valence-corrected chi connectivity index (χ0v) is 20.5. The molecule has 1 aliphatic carbocycles. The van der Waals surface area contributed by atoms with Crippen LogP contribution in [0.5, 0.6) is 0 Å². The van der Waals surface area contributed by atoms with Crippen molar-refractivity contribution in [1.29, 1.82) is 0 Å². The van der Waals surface area contributed by atoms with Gasteiger partial charge in [0.1, 0.15) is 17.3 Å². The number of nitrogens with zero attached hydrogens (tertiary/aromatic N) is 1. The average molecular weight is 502 g/mol. The number of ether oxygens (including phenoxy) is 3. The highest BCUT2D eigenvalue weighted by Crippen LogP contribution is 2.43. The normalized spacial score (nSPS) is 19.3. The number of carbonyl (C=O) groups is 3. The van der Waals surface area contributed by atoms with E-state index in [0.717, 1.165) is 37.7 Å². The number of aryl methyl sites for hydroxylation is 1. The Hall–Kier alpha value is -3.07. The van der Waals surface area contributed by atoms with E-state index in [1.54, 1.807) is 42.2 Å². The van der Waals surface area contributed by atoms with Gasteiger partial charge in [-0.05, 0) is 74.1 Å². The molecule has 1 saturated heterocycles. The van der Waals surface area contributed by atoms with E-state index < -0.39 is 18.4 Å². The number of benzene rings is 2. The average Bonchev–Trinajstić information content (AvgIpc) is 3.21. The number of hydrogen-bond acceptors (Lipinski definition) is 7. The van der Waals surface area contributed by atoms with E-state index in [4.69, 9.17) is 14.2 Å². The molecule has 0 aromatic heterocycles. The van der Waals surface area contributed by atoms with Crippen LogP contribution >= 0.6 is 11.8 Å². The maximum absolute atomic E-state index is 13.4. The molecule has 2 aliphatic rings.